The summed E-state index contributed by atoms with van der Waals surface area (Å²) in [5.74, 6) is 0.308. The molecule has 0 aliphatic carbocycles. The zero-order chi connectivity index (χ0) is 13.0. The van der Waals surface area contributed by atoms with Crippen LogP contribution in [0, 0.1) is 6.92 Å². The summed E-state index contributed by atoms with van der Waals surface area (Å²) in [5, 5.41) is 12.0. The molecule has 0 aromatic carbocycles. The molecule has 1 saturated heterocycles. The molecule has 1 atom stereocenters. The number of oxime groups is 1. The molecular weight excluding hydrogens is 228 g/mol. The van der Waals surface area contributed by atoms with Gasteiger partial charge in [0.05, 0.1) is 11.7 Å². The summed E-state index contributed by atoms with van der Waals surface area (Å²) in [6, 6.07) is 6.05. The van der Waals surface area contributed by atoms with Gasteiger partial charge >= 0.3 is 0 Å². The van der Waals surface area contributed by atoms with Crippen LogP contribution in [0.2, 0.25) is 0 Å². The predicted molar refractivity (Wildman–Crippen MR) is 70.4 cm³/mol. The summed E-state index contributed by atoms with van der Waals surface area (Å²) in [4.78, 5) is 6.74. The Hall–Kier alpha value is -1.62. The molecule has 1 unspecified atom stereocenters. The molecule has 2 heterocycles. The molecule has 2 rings (SSSR count). The fraction of sp³-hybridized carbons (Fsp3) is 0.538. The number of rotatable bonds is 3. The number of hydrogen-bond acceptors (Lipinski definition) is 4. The maximum atomic E-state index is 8.84. The number of hydrogen-bond donors (Lipinski definition) is 2. The van der Waals surface area contributed by atoms with E-state index in [0.717, 1.165) is 43.7 Å². The van der Waals surface area contributed by atoms with Gasteiger partial charge < -0.3 is 10.9 Å². The molecule has 0 amide bonds. The van der Waals surface area contributed by atoms with E-state index in [1.807, 2.05) is 25.1 Å². The molecule has 98 valence electrons. The second-order valence-corrected chi connectivity index (χ2v) is 4.78. The highest BCUT2D eigenvalue weighted by molar-refractivity contribution is 5.85. The molecular formula is C13H20N4O. The van der Waals surface area contributed by atoms with E-state index < -0.39 is 0 Å². The first-order chi connectivity index (χ1) is 8.70. The highest BCUT2D eigenvalue weighted by atomic mass is 16.4. The van der Waals surface area contributed by atoms with Gasteiger partial charge in [0.1, 0.15) is 0 Å². The lowest BCUT2D eigenvalue weighted by Crippen LogP contribution is -2.47. The van der Waals surface area contributed by atoms with Crippen molar-refractivity contribution < 1.29 is 5.21 Å². The molecule has 18 heavy (non-hydrogen) atoms. The summed E-state index contributed by atoms with van der Waals surface area (Å²) >= 11 is 0. The minimum absolute atomic E-state index is 0.0334. The van der Waals surface area contributed by atoms with E-state index in [9.17, 15) is 0 Å². The van der Waals surface area contributed by atoms with E-state index in [2.05, 4.69) is 15.0 Å². The molecule has 0 saturated carbocycles. The number of piperidine rings is 1. The van der Waals surface area contributed by atoms with Gasteiger partial charge in [0.2, 0.25) is 0 Å². The highest BCUT2D eigenvalue weighted by Gasteiger charge is 2.26. The van der Waals surface area contributed by atoms with Crippen LogP contribution in [-0.2, 0) is 6.54 Å². The summed E-state index contributed by atoms with van der Waals surface area (Å²) in [6.07, 6.45) is 3.22. The second kappa shape index (κ2) is 5.82. The van der Waals surface area contributed by atoms with Crippen molar-refractivity contribution in [2.45, 2.75) is 38.8 Å². The molecule has 1 aromatic rings. The number of amidine groups is 1. The number of nitrogens with two attached hydrogens (primary N) is 1. The third-order valence-electron chi connectivity index (χ3n) is 3.38. The lowest BCUT2D eigenvalue weighted by Gasteiger charge is -2.34. The van der Waals surface area contributed by atoms with Crippen LogP contribution in [0.1, 0.15) is 30.7 Å². The van der Waals surface area contributed by atoms with E-state index >= 15 is 0 Å². The fourth-order valence-electron chi connectivity index (χ4n) is 2.48. The first kappa shape index (κ1) is 12.8. The van der Waals surface area contributed by atoms with E-state index in [1.165, 1.54) is 0 Å². The molecule has 5 nitrogen and oxygen atoms in total. The van der Waals surface area contributed by atoms with Gasteiger partial charge in [0.25, 0.3) is 0 Å². The van der Waals surface area contributed by atoms with Crippen LogP contribution in [0.15, 0.2) is 23.4 Å². The summed E-state index contributed by atoms with van der Waals surface area (Å²) < 4.78 is 0. The first-order valence-corrected chi connectivity index (χ1v) is 6.34. The van der Waals surface area contributed by atoms with Gasteiger partial charge in [0, 0.05) is 12.2 Å². The Labute approximate surface area is 107 Å². The summed E-state index contributed by atoms with van der Waals surface area (Å²) in [5.41, 5.74) is 7.81. The van der Waals surface area contributed by atoms with Crippen LogP contribution in [0.3, 0.4) is 0 Å². The highest BCUT2D eigenvalue weighted by Crippen LogP contribution is 2.19. The smallest absolute Gasteiger partial charge is 0.156 e. The van der Waals surface area contributed by atoms with Gasteiger partial charge in [0.15, 0.2) is 5.84 Å². The van der Waals surface area contributed by atoms with Crippen molar-refractivity contribution in [2.75, 3.05) is 6.54 Å². The fourth-order valence-corrected chi connectivity index (χ4v) is 2.48. The first-order valence-electron chi connectivity index (χ1n) is 6.34. The molecule has 5 heteroatoms. The van der Waals surface area contributed by atoms with Crippen molar-refractivity contribution in [3.8, 4) is 0 Å². The Bertz CT molecular complexity index is 433. The Morgan fingerprint density at radius 3 is 3.11 bits per heavy atom. The lowest BCUT2D eigenvalue weighted by atomic mass is 10.0. The summed E-state index contributed by atoms with van der Waals surface area (Å²) in [6.45, 7) is 3.71. The van der Waals surface area contributed by atoms with Gasteiger partial charge in [-0.25, -0.2) is 0 Å². The average Bonchev–Trinajstić information content (AvgIpc) is 2.38. The molecule has 1 aliphatic heterocycles. The third kappa shape index (κ3) is 2.98. The monoisotopic (exact) mass is 248 g/mol. The minimum Gasteiger partial charge on any atom is -0.409 e. The van der Waals surface area contributed by atoms with Crippen LogP contribution in [0.25, 0.3) is 0 Å². The Morgan fingerprint density at radius 2 is 2.39 bits per heavy atom. The SMILES string of the molecule is Cc1cccc(CN2CCCCC2C(N)=NO)n1. The van der Waals surface area contributed by atoms with Crippen molar-refractivity contribution in [2.24, 2.45) is 10.9 Å². The van der Waals surface area contributed by atoms with Crippen LogP contribution < -0.4 is 5.73 Å². The molecule has 1 aromatic heterocycles. The van der Waals surface area contributed by atoms with Crippen LogP contribution in [0.4, 0.5) is 0 Å². The van der Waals surface area contributed by atoms with Crippen molar-refractivity contribution in [3.05, 3.63) is 29.6 Å². The topological polar surface area (TPSA) is 74.7 Å². The molecule has 0 spiro atoms. The van der Waals surface area contributed by atoms with Gasteiger partial charge in [-0.3, -0.25) is 9.88 Å². The van der Waals surface area contributed by atoms with E-state index in [0.29, 0.717) is 5.84 Å². The Kier molecular flexibility index (Phi) is 4.15. The maximum absolute atomic E-state index is 8.84. The Balaban J connectivity index is 2.10. The zero-order valence-electron chi connectivity index (χ0n) is 10.7. The molecule has 1 aliphatic rings. The third-order valence-corrected chi connectivity index (χ3v) is 3.38. The van der Waals surface area contributed by atoms with Gasteiger partial charge in [-0.1, -0.05) is 17.6 Å². The number of aryl methyl sites for hydroxylation is 1. The molecule has 3 N–H and O–H groups in total. The van der Waals surface area contributed by atoms with E-state index in [4.69, 9.17) is 10.9 Å². The lowest BCUT2D eigenvalue weighted by molar-refractivity contribution is 0.176. The second-order valence-electron chi connectivity index (χ2n) is 4.78. The minimum atomic E-state index is 0.0334. The number of aromatic nitrogens is 1. The molecule has 0 radical (unpaired) electrons. The van der Waals surface area contributed by atoms with Gasteiger partial charge in [-0.2, -0.15) is 0 Å². The predicted octanol–water partition coefficient (Wildman–Crippen LogP) is 1.49. The number of nitrogens with zero attached hydrogens (tertiary/aromatic N) is 3. The Morgan fingerprint density at radius 1 is 1.56 bits per heavy atom. The molecule has 1 fully saturated rings. The van der Waals surface area contributed by atoms with Crippen molar-refractivity contribution in [1.82, 2.24) is 9.88 Å². The zero-order valence-corrected chi connectivity index (χ0v) is 10.7. The van der Waals surface area contributed by atoms with Crippen molar-refractivity contribution >= 4 is 5.84 Å². The van der Waals surface area contributed by atoms with Crippen molar-refractivity contribution in [3.63, 3.8) is 0 Å². The maximum Gasteiger partial charge on any atom is 0.156 e. The normalized spacial score (nSPS) is 22.1. The molecule has 0 bridgehead atoms. The quantitative estimate of drug-likeness (QED) is 0.368. The van der Waals surface area contributed by atoms with Gasteiger partial charge in [-0.05, 0) is 38.4 Å². The summed E-state index contributed by atoms with van der Waals surface area (Å²) in [7, 11) is 0. The number of pyridine rings is 1. The van der Waals surface area contributed by atoms with Crippen LogP contribution in [0.5, 0.6) is 0 Å². The van der Waals surface area contributed by atoms with Gasteiger partial charge in [-0.15, -0.1) is 0 Å². The van der Waals surface area contributed by atoms with Crippen molar-refractivity contribution in [1.29, 1.82) is 0 Å². The largest absolute Gasteiger partial charge is 0.409 e. The van der Waals surface area contributed by atoms with E-state index in [-0.39, 0.29) is 6.04 Å². The number of likely N-dealkylation sites (tertiary alicyclic amines) is 1. The van der Waals surface area contributed by atoms with Crippen LogP contribution in [-0.4, -0.2) is 33.5 Å². The average molecular weight is 248 g/mol. The standard InChI is InChI=1S/C13H20N4O/c1-10-5-4-6-11(15-10)9-17-8-3-2-7-12(17)13(14)16-18/h4-6,12,18H,2-3,7-9H2,1H3,(H2,14,16). The van der Waals surface area contributed by atoms with Crippen LogP contribution >= 0.6 is 0 Å². The van der Waals surface area contributed by atoms with E-state index in [1.54, 1.807) is 0 Å².